The van der Waals surface area contributed by atoms with E-state index in [1.807, 2.05) is 30.3 Å². The maximum atomic E-state index is 11.7. The van der Waals surface area contributed by atoms with Crippen LogP contribution >= 0.6 is 0 Å². The van der Waals surface area contributed by atoms with Gasteiger partial charge in [-0.3, -0.25) is 9.69 Å². The van der Waals surface area contributed by atoms with Crippen molar-refractivity contribution in [2.45, 2.75) is 51.2 Å². The van der Waals surface area contributed by atoms with Crippen LogP contribution in [0.25, 0.3) is 10.8 Å². The van der Waals surface area contributed by atoms with Crippen molar-refractivity contribution >= 4 is 16.6 Å². The second kappa shape index (κ2) is 13.0. The highest BCUT2D eigenvalue weighted by Gasteiger charge is 2.27. The fourth-order valence-corrected chi connectivity index (χ4v) is 5.53. The van der Waals surface area contributed by atoms with E-state index in [1.54, 1.807) is 13.0 Å². The standard InChI is InChI=1S/C34H39N3O2/c1-25(38)29-9-6-11-34(21-29)39-33-16-13-26(14-17-33)23-37-24-31(36-22-32(37)10-4-5-18-35)20-27-12-15-28-7-2-3-8-30(28)19-27/h2-3,6-9,11-17,19,21,31-32,36H,4-5,10,18,20,22-24,35H2,1H3. The number of piperazine rings is 1. The van der Waals surface area contributed by atoms with Crippen molar-refractivity contribution in [2.75, 3.05) is 19.6 Å². The van der Waals surface area contributed by atoms with Crippen LogP contribution in [0.4, 0.5) is 0 Å². The molecule has 4 aromatic rings. The van der Waals surface area contributed by atoms with Crippen LogP contribution in [0.1, 0.15) is 47.7 Å². The average Bonchev–Trinajstić information content (AvgIpc) is 2.95. The molecule has 1 heterocycles. The SMILES string of the molecule is CC(=O)c1cccc(Oc2ccc(CN3CC(Cc4ccc5ccccc5c4)NCC3CCCCN)cc2)c1. The summed E-state index contributed by atoms with van der Waals surface area (Å²) in [6.07, 6.45) is 4.39. The minimum absolute atomic E-state index is 0.0340. The highest BCUT2D eigenvalue weighted by Crippen LogP contribution is 2.25. The van der Waals surface area contributed by atoms with Gasteiger partial charge >= 0.3 is 0 Å². The van der Waals surface area contributed by atoms with Gasteiger partial charge in [-0.25, -0.2) is 0 Å². The minimum atomic E-state index is 0.0340. The molecule has 1 aliphatic rings. The molecule has 5 rings (SSSR count). The summed E-state index contributed by atoms with van der Waals surface area (Å²) in [5.74, 6) is 1.48. The predicted octanol–water partition coefficient (Wildman–Crippen LogP) is 6.35. The molecule has 5 nitrogen and oxygen atoms in total. The molecule has 2 unspecified atom stereocenters. The lowest BCUT2D eigenvalue weighted by Crippen LogP contribution is -2.56. The number of hydrogen-bond donors (Lipinski definition) is 2. The second-order valence-electron chi connectivity index (χ2n) is 10.7. The van der Waals surface area contributed by atoms with Gasteiger partial charge in [0.2, 0.25) is 0 Å². The van der Waals surface area contributed by atoms with Crippen LogP contribution < -0.4 is 15.8 Å². The Morgan fingerprint density at radius 2 is 1.69 bits per heavy atom. The van der Waals surface area contributed by atoms with E-state index in [0.29, 0.717) is 23.4 Å². The summed E-state index contributed by atoms with van der Waals surface area (Å²) >= 11 is 0. The van der Waals surface area contributed by atoms with Crippen LogP contribution in [-0.4, -0.2) is 42.4 Å². The molecule has 1 fully saturated rings. The van der Waals surface area contributed by atoms with Crippen molar-refractivity contribution in [3.63, 3.8) is 0 Å². The molecule has 39 heavy (non-hydrogen) atoms. The lowest BCUT2D eigenvalue weighted by molar-refractivity contribution is 0.101. The fourth-order valence-electron chi connectivity index (χ4n) is 5.53. The van der Waals surface area contributed by atoms with E-state index in [-0.39, 0.29) is 5.78 Å². The zero-order valence-corrected chi connectivity index (χ0v) is 22.8. The number of carbonyl (C=O) groups excluding carboxylic acids is 1. The summed E-state index contributed by atoms with van der Waals surface area (Å²) in [6.45, 7) is 5.23. The van der Waals surface area contributed by atoms with E-state index in [2.05, 4.69) is 64.8 Å². The minimum Gasteiger partial charge on any atom is -0.457 e. The highest BCUT2D eigenvalue weighted by molar-refractivity contribution is 5.94. The summed E-state index contributed by atoms with van der Waals surface area (Å²) in [5.41, 5.74) is 9.09. The molecule has 1 aliphatic heterocycles. The Morgan fingerprint density at radius 1 is 0.897 bits per heavy atom. The third-order valence-electron chi connectivity index (χ3n) is 7.69. The first-order valence-corrected chi connectivity index (χ1v) is 14.1. The summed E-state index contributed by atoms with van der Waals surface area (Å²) in [6, 6.07) is 32.0. The Morgan fingerprint density at radius 3 is 2.49 bits per heavy atom. The van der Waals surface area contributed by atoms with Gasteiger partial charge in [0, 0.05) is 37.3 Å². The van der Waals surface area contributed by atoms with Gasteiger partial charge in [-0.05, 0) is 78.9 Å². The predicted molar refractivity (Wildman–Crippen MR) is 160 cm³/mol. The van der Waals surface area contributed by atoms with E-state index < -0.39 is 0 Å². The van der Waals surface area contributed by atoms with E-state index in [9.17, 15) is 4.79 Å². The van der Waals surface area contributed by atoms with Gasteiger partial charge in [-0.15, -0.1) is 0 Å². The second-order valence-corrected chi connectivity index (χ2v) is 10.7. The molecule has 0 bridgehead atoms. The molecular weight excluding hydrogens is 482 g/mol. The van der Waals surface area contributed by atoms with E-state index in [0.717, 1.165) is 57.6 Å². The zero-order valence-electron chi connectivity index (χ0n) is 22.8. The number of ketones is 1. The smallest absolute Gasteiger partial charge is 0.159 e. The van der Waals surface area contributed by atoms with Crippen molar-refractivity contribution in [3.05, 3.63) is 108 Å². The maximum Gasteiger partial charge on any atom is 0.159 e. The summed E-state index contributed by atoms with van der Waals surface area (Å²) in [4.78, 5) is 14.3. The number of ether oxygens (including phenoxy) is 1. The van der Waals surface area contributed by atoms with Gasteiger partial charge in [0.05, 0.1) is 0 Å². The fraction of sp³-hybridized carbons (Fsp3) is 0.324. The molecule has 0 aliphatic carbocycles. The Bertz CT molecular complexity index is 1380. The van der Waals surface area contributed by atoms with Crippen LogP contribution in [0.15, 0.2) is 91.0 Å². The first-order chi connectivity index (χ1) is 19.1. The Hall–Kier alpha value is -3.51. The lowest BCUT2D eigenvalue weighted by atomic mass is 9.97. The van der Waals surface area contributed by atoms with Crippen molar-refractivity contribution in [1.29, 1.82) is 0 Å². The molecule has 2 atom stereocenters. The number of nitrogens with two attached hydrogens (primary N) is 1. The van der Waals surface area contributed by atoms with Gasteiger partial charge in [-0.2, -0.15) is 0 Å². The summed E-state index contributed by atoms with van der Waals surface area (Å²) < 4.78 is 6.03. The number of hydrogen-bond acceptors (Lipinski definition) is 5. The summed E-state index contributed by atoms with van der Waals surface area (Å²) in [5, 5.41) is 6.43. The molecule has 3 N–H and O–H groups in total. The Labute approximate surface area is 232 Å². The molecule has 0 radical (unpaired) electrons. The van der Waals surface area contributed by atoms with Gasteiger partial charge in [0.1, 0.15) is 11.5 Å². The first-order valence-electron chi connectivity index (χ1n) is 14.1. The third kappa shape index (κ3) is 7.33. The highest BCUT2D eigenvalue weighted by atomic mass is 16.5. The van der Waals surface area contributed by atoms with Crippen LogP contribution in [0.2, 0.25) is 0 Å². The largest absolute Gasteiger partial charge is 0.457 e. The molecule has 202 valence electrons. The number of carbonyl (C=O) groups is 1. The zero-order chi connectivity index (χ0) is 27.0. The maximum absolute atomic E-state index is 11.7. The normalized spacial score (nSPS) is 17.8. The number of nitrogens with one attached hydrogen (secondary N) is 1. The van der Waals surface area contributed by atoms with Crippen molar-refractivity contribution < 1.29 is 9.53 Å². The number of fused-ring (bicyclic) bond motifs is 1. The molecule has 1 saturated heterocycles. The Balaban J connectivity index is 1.25. The average molecular weight is 522 g/mol. The lowest BCUT2D eigenvalue weighted by Gasteiger charge is -2.41. The van der Waals surface area contributed by atoms with Crippen molar-refractivity contribution in [3.8, 4) is 11.5 Å². The molecule has 4 aromatic carbocycles. The summed E-state index contributed by atoms with van der Waals surface area (Å²) in [7, 11) is 0. The Kier molecular flexibility index (Phi) is 9.04. The number of nitrogens with zero attached hydrogens (tertiary/aromatic N) is 1. The quantitative estimate of drug-likeness (QED) is 0.178. The van der Waals surface area contributed by atoms with Gasteiger partial charge in [-0.1, -0.05) is 73.2 Å². The van der Waals surface area contributed by atoms with Crippen molar-refractivity contribution in [1.82, 2.24) is 10.2 Å². The van der Waals surface area contributed by atoms with E-state index >= 15 is 0 Å². The number of unbranched alkanes of at least 4 members (excludes halogenated alkanes) is 1. The van der Waals surface area contributed by atoms with Gasteiger partial charge in [0.25, 0.3) is 0 Å². The number of benzene rings is 4. The number of rotatable bonds is 11. The monoisotopic (exact) mass is 521 g/mol. The third-order valence-corrected chi connectivity index (χ3v) is 7.69. The van der Waals surface area contributed by atoms with E-state index in [1.165, 1.54) is 21.9 Å². The van der Waals surface area contributed by atoms with Crippen LogP contribution in [-0.2, 0) is 13.0 Å². The molecule has 0 amide bonds. The molecular formula is C34H39N3O2. The first kappa shape index (κ1) is 27.1. The van der Waals surface area contributed by atoms with Gasteiger partial charge < -0.3 is 15.8 Å². The van der Waals surface area contributed by atoms with Crippen LogP contribution in [0.5, 0.6) is 11.5 Å². The molecule has 0 aromatic heterocycles. The van der Waals surface area contributed by atoms with Gasteiger partial charge in [0.15, 0.2) is 5.78 Å². The number of Topliss-reactive ketones (excluding diaryl/α,β-unsaturated/α-hetero) is 1. The van der Waals surface area contributed by atoms with E-state index in [4.69, 9.17) is 10.5 Å². The molecule has 5 heteroatoms. The van der Waals surface area contributed by atoms with Crippen LogP contribution in [0.3, 0.4) is 0 Å². The van der Waals surface area contributed by atoms with Crippen LogP contribution in [0, 0.1) is 0 Å². The van der Waals surface area contributed by atoms with Crippen molar-refractivity contribution in [2.24, 2.45) is 5.73 Å². The topological polar surface area (TPSA) is 67.6 Å². The molecule has 0 spiro atoms. The molecule has 0 saturated carbocycles.